The van der Waals surface area contributed by atoms with Crippen molar-refractivity contribution in [1.29, 1.82) is 0 Å². The maximum Gasteiger partial charge on any atom is 0.164 e. The second kappa shape index (κ2) is 12.9. The first kappa shape index (κ1) is 31.7. The van der Waals surface area contributed by atoms with Crippen molar-refractivity contribution < 1.29 is 4.42 Å². The lowest BCUT2D eigenvalue weighted by atomic mass is 9.98. The molecular weight excluding hydrogens is 691 g/mol. The molecule has 0 amide bonds. The average Bonchev–Trinajstić information content (AvgIpc) is 3.82. The molecule has 8 nitrogen and oxygen atoms in total. The number of aromatic nitrogens is 7. The highest BCUT2D eigenvalue weighted by atomic mass is 16.3. The Kier molecular flexibility index (Phi) is 7.31. The van der Waals surface area contributed by atoms with Gasteiger partial charge in [0.15, 0.2) is 23.3 Å². The summed E-state index contributed by atoms with van der Waals surface area (Å²) in [4.78, 5) is 28.0. The van der Waals surface area contributed by atoms with Crippen LogP contribution in [0.4, 0.5) is 0 Å². The lowest BCUT2D eigenvalue weighted by molar-refractivity contribution is 0.669. The molecule has 0 unspecified atom stereocenters. The molecule has 0 radical (unpaired) electrons. The topological polar surface area (TPSA) is 95.4 Å². The first-order valence-electron chi connectivity index (χ1n) is 18.3. The van der Waals surface area contributed by atoms with E-state index in [1.807, 2.05) is 78.9 Å². The fraction of sp³-hybridized carbons (Fsp3) is 0. The maximum atomic E-state index is 6.22. The van der Waals surface area contributed by atoms with Gasteiger partial charge in [0, 0.05) is 49.4 Å². The third-order valence-corrected chi connectivity index (χ3v) is 10.3. The van der Waals surface area contributed by atoms with Crippen LogP contribution in [0, 0.1) is 0 Å². The molecule has 0 aliphatic carbocycles. The van der Waals surface area contributed by atoms with E-state index < -0.39 is 0 Å². The van der Waals surface area contributed by atoms with Crippen molar-refractivity contribution in [2.45, 2.75) is 0 Å². The lowest BCUT2D eigenvalue weighted by Gasteiger charge is -2.16. The molecule has 7 aromatic carbocycles. The standard InChI is InChI=1S/C48H29N7O/c1-3-11-30(12-4-1)46-52-47(31-13-5-2-6-14-31)54-48(53-46)34-20-23-42-38(27-34)35-15-7-9-17-40(35)55(42)41-22-19-33(45-50-28-49-29-51-45)26-37(41)32-21-24-44-39(25-32)36-16-8-10-18-43(36)56-44/h1-29H. The van der Waals surface area contributed by atoms with Crippen LogP contribution in [0.2, 0.25) is 0 Å². The summed E-state index contributed by atoms with van der Waals surface area (Å²) in [5.74, 6) is 2.47. The quantitative estimate of drug-likeness (QED) is 0.169. The molecule has 0 N–H and O–H groups in total. The Balaban J connectivity index is 1.13. The van der Waals surface area contributed by atoms with Crippen molar-refractivity contribution in [3.63, 3.8) is 0 Å². The van der Waals surface area contributed by atoms with Crippen LogP contribution in [-0.2, 0) is 0 Å². The van der Waals surface area contributed by atoms with E-state index in [1.54, 1.807) is 0 Å². The Hall–Kier alpha value is -7.84. The zero-order valence-corrected chi connectivity index (χ0v) is 29.8. The number of rotatable bonds is 6. The van der Waals surface area contributed by atoms with Crippen LogP contribution in [0.25, 0.3) is 106 Å². The molecule has 56 heavy (non-hydrogen) atoms. The molecule has 11 aromatic rings. The minimum absolute atomic E-state index is 0.608. The van der Waals surface area contributed by atoms with Crippen molar-refractivity contribution in [2.24, 2.45) is 0 Å². The molecule has 11 rings (SSSR count). The van der Waals surface area contributed by atoms with Crippen molar-refractivity contribution in [3.8, 4) is 62.4 Å². The maximum absolute atomic E-state index is 6.22. The molecule has 4 aromatic heterocycles. The fourth-order valence-electron chi connectivity index (χ4n) is 7.69. The second-order valence-corrected chi connectivity index (χ2v) is 13.6. The average molecular weight is 720 g/mol. The number of para-hydroxylation sites is 2. The van der Waals surface area contributed by atoms with Crippen LogP contribution in [0.5, 0.6) is 0 Å². The Morgan fingerprint density at radius 3 is 1.68 bits per heavy atom. The van der Waals surface area contributed by atoms with Gasteiger partial charge in [-0.15, -0.1) is 0 Å². The van der Waals surface area contributed by atoms with E-state index in [1.165, 1.54) is 12.7 Å². The van der Waals surface area contributed by atoms with E-state index in [0.29, 0.717) is 23.3 Å². The van der Waals surface area contributed by atoms with Gasteiger partial charge in [0.2, 0.25) is 0 Å². The molecule has 0 spiro atoms. The molecule has 4 heterocycles. The van der Waals surface area contributed by atoms with Crippen LogP contribution in [0.3, 0.4) is 0 Å². The van der Waals surface area contributed by atoms with Crippen molar-refractivity contribution in [3.05, 3.63) is 176 Å². The molecule has 0 aliphatic heterocycles. The zero-order chi connectivity index (χ0) is 37.0. The predicted molar refractivity (Wildman–Crippen MR) is 222 cm³/mol. The van der Waals surface area contributed by atoms with Gasteiger partial charge in [-0.25, -0.2) is 29.9 Å². The van der Waals surface area contributed by atoms with Crippen LogP contribution < -0.4 is 0 Å². The van der Waals surface area contributed by atoms with Gasteiger partial charge in [-0.3, -0.25) is 0 Å². The van der Waals surface area contributed by atoms with E-state index in [9.17, 15) is 0 Å². The monoisotopic (exact) mass is 719 g/mol. The number of fused-ring (bicyclic) bond motifs is 6. The third-order valence-electron chi connectivity index (χ3n) is 10.3. The van der Waals surface area contributed by atoms with Gasteiger partial charge in [-0.2, -0.15) is 0 Å². The number of benzene rings is 7. The summed E-state index contributed by atoms with van der Waals surface area (Å²) >= 11 is 0. The highest BCUT2D eigenvalue weighted by molar-refractivity contribution is 6.11. The van der Waals surface area contributed by atoms with Crippen LogP contribution in [-0.4, -0.2) is 34.5 Å². The van der Waals surface area contributed by atoms with E-state index in [4.69, 9.17) is 19.4 Å². The van der Waals surface area contributed by atoms with Gasteiger partial charge < -0.3 is 8.98 Å². The predicted octanol–water partition coefficient (Wildman–Crippen LogP) is 11.4. The first-order chi connectivity index (χ1) is 27.7. The largest absolute Gasteiger partial charge is 0.456 e. The zero-order valence-electron chi connectivity index (χ0n) is 29.8. The minimum atomic E-state index is 0.608. The van der Waals surface area contributed by atoms with Crippen LogP contribution in [0.15, 0.2) is 181 Å². The summed E-state index contributed by atoms with van der Waals surface area (Å²) < 4.78 is 8.56. The normalized spacial score (nSPS) is 11.6. The van der Waals surface area contributed by atoms with Gasteiger partial charge in [-0.1, -0.05) is 103 Å². The molecule has 0 bridgehead atoms. The first-order valence-corrected chi connectivity index (χ1v) is 18.3. The molecule has 0 atom stereocenters. The Morgan fingerprint density at radius 1 is 0.375 bits per heavy atom. The summed E-state index contributed by atoms with van der Waals surface area (Å²) in [6.07, 6.45) is 3.06. The summed E-state index contributed by atoms with van der Waals surface area (Å²) in [6, 6.07) is 56.1. The van der Waals surface area contributed by atoms with Crippen molar-refractivity contribution in [1.82, 2.24) is 34.5 Å². The Morgan fingerprint density at radius 2 is 0.929 bits per heavy atom. The Labute approximate surface area is 320 Å². The van der Waals surface area contributed by atoms with E-state index in [0.717, 1.165) is 82.8 Å². The summed E-state index contributed by atoms with van der Waals surface area (Å²) in [5.41, 5.74) is 10.6. The van der Waals surface area contributed by atoms with E-state index in [2.05, 4.69) is 104 Å². The molecule has 8 heteroatoms. The third kappa shape index (κ3) is 5.31. The Bertz CT molecular complexity index is 3190. The highest BCUT2D eigenvalue weighted by Gasteiger charge is 2.20. The summed E-state index contributed by atoms with van der Waals surface area (Å²) in [7, 11) is 0. The van der Waals surface area contributed by atoms with Gasteiger partial charge >= 0.3 is 0 Å². The molecule has 0 aliphatic rings. The van der Waals surface area contributed by atoms with Gasteiger partial charge in [-0.05, 0) is 66.2 Å². The molecule has 0 saturated carbocycles. The highest BCUT2D eigenvalue weighted by Crippen LogP contribution is 2.41. The molecule has 0 saturated heterocycles. The molecular formula is C48H29N7O. The summed E-state index contributed by atoms with van der Waals surface area (Å²) in [5, 5.41) is 4.34. The minimum Gasteiger partial charge on any atom is -0.456 e. The second-order valence-electron chi connectivity index (χ2n) is 13.6. The van der Waals surface area contributed by atoms with Gasteiger partial charge in [0.05, 0.1) is 16.7 Å². The SMILES string of the molecule is c1ccc(-c2nc(-c3ccccc3)nc(-c3ccc4c(c3)c3ccccc3n4-c3ccc(-c4ncncn4)cc3-c3ccc4oc5ccccc5c4c3)n2)cc1. The van der Waals surface area contributed by atoms with Crippen molar-refractivity contribution in [2.75, 3.05) is 0 Å². The van der Waals surface area contributed by atoms with Gasteiger partial charge in [0.1, 0.15) is 23.8 Å². The van der Waals surface area contributed by atoms with Crippen molar-refractivity contribution >= 4 is 43.7 Å². The smallest absolute Gasteiger partial charge is 0.164 e. The van der Waals surface area contributed by atoms with E-state index >= 15 is 0 Å². The number of hydrogen-bond donors (Lipinski definition) is 0. The number of furan rings is 1. The van der Waals surface area contributed by atoms with Gasteiger partial charge in [0.25, 0.3) is 0 Å². The number of nitrogens with zero attached hydrogens (tertiary/aromatic N) is 7. The molecule has 0 fully saturated rings. The summed E-state index contributed by atoms with van der Waals surface area (Å²) in [6.45, 7) is 0. The number of hydrogen-bond acceptors (Lipinski definition) is 7. The van der Waals surface area contributed by atoms with Crippen LogP contribution in [0.1, 0.15) is 0 Å². The fourth-order valence-corrected chi connectivity index (χ4v) is 7.69. The van der Waals surface area contributed by atoms with E-state index in [-0.39, 0.29) is 0 Å². The van der Waals surface area contributed by atoms with Crippen LogP contribution >= 0.6 is 0 Å². The molecule has 262 valence electrons. The lowest BCUT2D eigenvalue weighted by Crippen LogP contribution is -2.00.